The number of rotatable bonds is 7. The second kappa shape index (κ2) is 9.06. The molecule has 4 heteroatoms. The Kier molecular flexibility index (Phi) is 6.79. The van der Waals surface area contributed by atoms with E-state index in [0.29, 0.717) is 5.90 Å². The first-order valence-corrected chi connectivity index (χ1v) is 8.65. The molecule has 1 unspecified atom stereocenters. The average Bonchev–Trinajstić information content (AvgIpc) is 2.81. The number of hydrogen-bond acceptors (Lipinski definition) is 3. The maximum atomic E-state index is 11.2. The van der Waals surface area contributed by atoms with E-state index in [0.717, 1.165) is 25.0 Å². The van der Waals surface area contributed by atoms with E-state index >= 15 is 0 Å². The van der Waals surface area contributed by atoms with Gasteiger partial charge in [-0.15, -0.1) is 0 Å². The SMILES string of the molecule is CCCCc1cc(OC2=NC=CC(C(N)=O)C=C2)ccc1CCC. The lowest BCUT2D eigenvalue weighted by Gasteiger charge is -2.12. The fourth-order valence-electron chi connectivity index (χ4n) is 2.65. The number of carbonyl (C=O) groups excluding carboxylic acids is 1. The van der Waals surface area contributed by atoms with Crippen molar-refractivity contribution in [1.29, 1.82) is 0 Å². The molecule has 0 bridgehead atoms. The third kappa shape index (κ3) is 5.08. The van der Waals surface area contributed by atoms with Gasteiger partial charge in [0, 0.05) is 6.20 Å². The van der Waals surface area contributed by atoms with Crippen molar-refractivity contribution in [2.45, 2.75) is 46.0 Å². The summed E-state index contributed by atoms with van der Waals surface area (Å²) < 4.78 is 5.88. The van der Waals surface area contributed by atoms with Gasteiger partial charge in [0.05, 0.1) is 5.92 Å². The molecular weight excluding hydrogens is 300 g/mol. The minimum absolute atomic E-state index is 0.398. The molecule has 2 N–H and O–H groups in total. The second-order valence-electron chi connectivity index (χ2n) is 5.98. The number of carbonyl (C=O) groups is 1. The number of aliphatic imine (C=N–C) groups is 1. The summed E-state index contributed by atoms with van der Waals surface area (Å²) in [5, 5.41) is 0. The number of aryl methyl sites for hydroxylation is 2. The zero-order chi connectivity index (χ0) is 17.4. The Hall–Kier alpha value is -2.36. The van der Waals surface area contributed by atoms with E-state index in [1.807, 2.05) is 6.07 Å². The topological polar surface area (TPSA) is 64.7 Å². The first-order chi connectivity index (χ1) is 11.6. The molecule has 24 heavy (non-hydrogen) atoms. The Morgan fingerprint density at radius 2 is 2.00 bits per heavy atom. The van der Waals surface area contributed by atoms with Crippen LogP contribution in [0.2, 0.25) is 0 Å². The van der Waals surface area contributed by atoms with Crippen molar-refractivity contribution in [2.75, 3.05) is 0 Å². The van der Waals surface area contributed by atoms with Gasteiger partial charge in [0.2, 0.25) is 11.8 Å². The van der Waals surface area contributed by atoms with E-state index in [2.05, 4.69) is 31.0 Å². The Balaban J connectivity index is 2.14. The highest BCUT2D eigenvalue weighted by atomic mass is 16.5. The molecule has 1 aromatic carbocycles. The highest BCUT2D eigenvalue weighted by molar-refractivity contribution is 5.92. The van der Waals surface area contributed by atoms with Crippen molar-refractivity contribution in [2.24, 2.45) is 16.6 Å². The number of nitrogens with zero attached hydrogens (tertiary/aromatic N) is 1. The number of ether oxygens (including phenoxy) is 1. The van der Waals surface area contributed by atoms with Crippen molar-refractivity contribution in [3.8, 4) is 5.75 Å². The van der Waals surface area contributed by atoms with Crippen LogP contribution in [0.4, 0.5) is 0 Å². The summed E-state index contributed by atoms with van der Waals surface area (Å²) in [7, 11) is 0. The van der Waals surface area contributed by atoms with Gasteiger partial charge in [0.15, 0.2) is 0 Å². The van der Waals surface area contributed by atoms with Crippen LogP contribution in [-0.4, -0.2) is 11.8 Å². The normalized spacial score (nSPS) is 16.6. The van der Waals surface area contributed by atoms with Crippen molar-refractivity contribution < 1.29 is 9.53 Å². The summed E-state index contributed by atoms with van der Waals surface area (Å²) >= 11 is 0. The fourth-order valence-corrected chi connectivity index (χ4v) is 2.65. The summed E-state index contributed by atoms with van der Waals surface area (Å²) in [6.45, 7) is 4.40. The molecule has 4 nitrogen and oxygen atoms in total. The third-order valence-corrected chi connectivity index (χ3v) is 3.99. The molecule has 2 rings (SSSR count). The first kappa shape index (κ1) is 18.0. The maximum Gasteiger partial charge on any atom is 0.228 e. The minimum Gasteiger partial charge on any atom is -0.439 e. The molecule has 0 radical (unpaired) electrons. The lowest BCUT2D eigenvalue weighted by molar-refractivity contribution is -0.119. The van der Waals surface area contributed by atoms with E-state index in [4.69, 9.17) is 10.5 Å². The summed E-state index contributed by atoms with van der Waals surface area (Å²) in [5.41, 5.74) is 8.05. The number of nitrogens with two attached hydrogens (primary N) is 1. The molecule has 1 aliphatic rings. The standard InChI is InChI=1S/C20H26N2O2/c1-3-5-7-17-14-18(10-8-15(17)6-4-2)24-19-11-9-16(20(21)23)12-13-22-19/h8-14,16H,3-7H2,1-2H3,(H2,21,23). The van der Waals surface area contributed by atoms with E-state index in [9.17, 15) is 4.79 Å². The fraction of sp³-hybridized carbons (Fsp3) is 0.400. The molecule has 1 atom stereocenters. The van der Waals surface area contributed by atoms with Gasteiger partial charge in [-0.05, 0) is 54.7 Å². The van der Waals surface area contributed by atoms with Gasteiger partial charge in [-0.3, -0.25) is 4.79 Å². The van der Waals surface area contributed by atoms with Crippen molar-refractivity contribution in [3.63, 3.8) is 0 Å². The monoisotopic (exact) mass is 326 g/mol. The molecule has 0 aromatic heterocycles. The first-order valence-electron chi connectivity index (χ1n) is 8.65. The smallest absolute Gasteiger partial charge is 0.228 e. The van der Waals surface area contributed by atoms with Gasteiger partial charge in [0.1, 0.15) is 5.75 Å². The quantitative estimate of drug-likeness (QED) is 0.824. The number of amides is 1. The lowest BCUT2D eigenvalue weighted by atomic mass is 9.98. The third-order valence-electron chi connectivity index (χ3n) is 3.99. The van der Waals surface area contributed by atoms with Crippen LogP contribution in [0, 0.1) is 5.92 Å². The van der Waals surface area contributed by atoms with Gasteiger partial charge in [0.25, 0.3) is 0 Å². The maximum absolute atomic E-state index is 11.2. The molecule has 0 saturated carbocycles. The molecule has 128 valence electrons. The molecule has 0 spiro atoms. The van der Waals surface area contributed by atoms with Crippen LogP contribution in [-0.2, 0) is 17.6 Å². The highest BCUT2D eigenvalue weighted by Crippen LogP contribution is 2.22. The summed E-state index contributed by atoms with van der Waals surface area (Å²) in [6, 6.07) is 6.24. The van der Waals surface area contributed by atoms with Crippen molar-refractivity contribution in [3.05, 3.63) is 53.8 Å². The van der Waals surface area contributed by atoms with Crippen LogP contribution in [0.5, 0.6) is 5.75 Å². The Labute approximate surface area is 144 Å². The molecule has 1 heterocycles. The lowest BCUT2D eigenvalue weighted by Crippen LogP contribution is -2.19. The van der Waals surface area contributed by atoms with E-state index in [1.54, 1.807) is 24.4 Å². The Morgan fingerprint density at radius 1 is 1.17 bits per heavy atom. The molecule has 1 aromatic rings. The van der Waals surface area contributed by atoms with Crippen LogP contribution in [0.1, 0.15) is 44.2 Å². The Morgan fingerprint density at radius 3 is 2.71 bits per heavy atom. The Bertz CT molecular complexity index is 660. The van der Waals surface area contributed by atoms with Crippen LogP contribution < -0.4 is 10.5 Å². The summed E-state index contributed by atoms with van der Waals surface area (Å²) in [5.74, 6) is 0.390. The van der Waals surface area contributed by atoms with Gasteiger partial charge in [-0.25, -0.2) is 4.99 Å². The van der Waals surface area contributed by atoms with E-state index in [1.165, 1.54) is 24.0 Å². The molecule has 1 aliphatic heterocycles. The zero-order valence-electron chi connectivity index (χ0n) is 14.5. The average molecular weight is 326 g/mol. The van der Waals surface area contributed by atoms with Gasteiger partial charge >= 0.3 is 0 Å². The second-order valence-corrected chi connectivity index (χ2v) is 5.98. The van der Waals surface area contributed by atoms with Gasteiger partial charge in [-0.2, -0.15) is 0 Å². The number of hydrogen-bond donors (Lipinski definition) is 1. The predicted octanol–water partition coefficient (Wildman–Crippen LogP) is 3.94. The number of benzene rings is 1. The molecule has 0 aliphatic carbocycles. The molecule has 0 fully saturated rings. The highest BCUT2D eigenvalue weighted by Gasteiger charge is 2.11. The zero-order valence-corrected chi connectivity index (χ0v) is 14.5. The summed E-state index contributed by atoms with van der Waals surface area (Å²) in [6.07, 6.45) is 12.2. The molecular formula is C20H26N2O2. The van der Waals surface area contributed by atoms with Crippen LogP contribution in [0.25, 0.3) is 0 Å². The van der Waals surface area contributed by atoms with E-state index < -0.39 is 11.8 Å². The predicted molar refractivity (Wildman–Crippen MR) is 98.1 cm³/mol. The molecule has 1 amide bonds. The number of unbranched alkanes of at least 4 members (excludes halogenated alkanes) is 1. The minimum atomic E-state index is -0.443. The van der Waals surface area contributed by atoms with Crippen LogP contribution in [0.15, 0.2) is 47.6 Å². The van der Waals surface area contributed by atoms with Crippen LogP contribution >= 0.6 is 0 Å². The number of primary amides is 1. The van der Waals surface area contributed by atoms with E-state index in [-0.39, 0.29) is 0 Å². The van der Waals surface area contributed by atoms with Gasteiger partial charge < -0.3 is 10.5 Å². The van der Waals surface area contributed by atoms with Gasteiger partial charge in [-0.1, -0.05) is 38.8 Å². The van der Waals surface area contributed by atoms with Crippen molar-refractivity contribution in [1.82, 2.24) is 0 Å². The van der Waals surface area contributed by atoms with Crippen molar-refractivity contribution >= 4 is 11.8 Å². The summed E-state index contributed by atoms with van der Waals surface area (Å²) in [4.78, 5) is 15.5. The van der Waals surface area contributed by atoms with Crippen LogP contribution in [0.3, 0.4) is 0 Å². The molecule has 0 saturated heterocycles. The largest absolute Gasteiger partial charge is 0.439 e.